The summed E-state index contributed by atoms with van der Waals surface area (Å²) >= 11 is 7.01. The summed E-state index contributed by atoms with van der Waals surface area (Å²) in [4.78, 5) is 36.2. The molecule has 1 saturated heterocycles. The van der Waals surface area contributed by atoms with Gasteiger partial charge in [0.1, 0.15) is 12.3 Å². The van der Waals surface area contributed by atoms with Crippen LogP contribution in [-0.4, -0.2) is 54.6 Å². The predicted molar refractivity (Wildman–Crippen MR) is 87.0 cm³/mol. The number of nitrogens with one attached hydrogen (secondary N) is 1. The van der Waals surface area contributed by atoms with Gasteiger partial charge < -0.3 is 19.7 Å². The van der Waals surface area contributed by atoms with Gasteiger partial charge in [0.25, 0.3) is 11.1 Å². The third-order valence-electron chi connectivity index (χ3n) is 2.96. The number of nitrogens with zero attached hydrogens (tertiary/aromatic N) is 1. The minimum absolute atomic E-state index is 0.153. The van der Waals surface area contributed by atoms with E-state index in [0.717, 1.165) is 11.8 Å². The molecule has 1 aliphatic rings. The first-order valence-corrected chi connectivity index (χ1v) is 8.06. The minimum Gasteiger partial charge on any atom is -0.495 e. The van der Waals surface area contributed by atoms with Gasteiger partial charge in [0.15, 0.2) is 6.61 Å². The number of esters is 1. The standard InChI is InChI=1S/C14H15ClN2O5S/c1-21-11-3-2-9(15)6-10(11)16-12(18)8-22-13(19)7-17-4-5-23-14(17)20/h2-3,6H,4-5,7-8H2,1H3,(H,16,18). The Morgan fingerprint density at radius 3 is 2.87 bits per heavy atom. The van der Waals surface area contributed by atoms with E-state index < -0.39 is 18.5 Å². The summed E-state index contributed by atoms with van der Waals surface area (Å²) in [6.45, 7) is -0.103. The van der Waals surface area contributed by atoms with Crippen LogP contribution < -0.4 is 10.1 Å². The highest BCUT2D eigenvalue weighted by atomic mass is 35.5. The van der Waals surface area contributed by atoms with Gasteiger partial charge in [0, 0.05) is 17.3 Å². The molecule has 2 rings (SSSR count). The Bertz CT molecular complexity index is 625. The number of halogens is 1. The van der Waals surface area contributed by atoms with Gasteiger partial charge in [-0.05, 0) is 18.2 Å². The number of hydrogen-bond acceptors (Lipinski definition) is 6. The van der Waals surface area contributed by atoms with E-state index in [4.69, 9.17) is 21.1 Å². The molecule has 0 saturated carbocycles. The van der Waals surface area contributed by atoms with Crippen LogP contribution in [0.1, 0.15) is 0 Å². The molecule has 0 aliphatic carbocycles. The monoisotopic (exact) mass is 358 g/mol. The second kappa shape index (κ2) is 8.07. The Morgan fingerprint density at radius 1 is 1.43 bits per heavy atom. The van der Waals surface area contributed by atoms with Crippen molar-refractivity contribution in [1.29, 1.82) is 0 Å². The average Bonchev–Trinajstić information content (AvgIpc) is 2.91. The van der Waals surface area contributed by atoms with E-state index in [1.165, 1.54) is 18.1 Å². The van der Waals surface area contributed by atoms with Gasteiger partial charge in [-0.1, -0.05) is 23.4 Å². The van der Waals surface area contributed by atoms with Gasteiger partial charge in [0.05, 0.1) is 12.8 Å². The molecule has 0 atom stereocenters. The summed E-state index contributed by atoms with van der Waals surface area (Å²) in [6, 6.07) is 4.77. The summed E-state index contributed by atoms with van der Waals surface area (Å²) in [5.74, 6) is -0.0647. The Labute approximate surface area is 142 Å². The lowest BCUT2D eigenvalue weighted by atomic mass is 10.3. The van der Waals surface area contributed by atoms with E-state index in [1.807, 2.05) is 0 Å². The van der Waals surface area contributed by atoms with Crippen LogP contribution in [0.5, 0.6) is 5.75 Å². The van der Waals surface area contributed by atoms with Crippen molar-refractivity contribution in [3.63, 3.8) is 0 Å². The van der Waals surface area contributed by atoms with Crippen molar-refractivity contribution in [2.24, 2.45) is 0 Å². The van der Waals surface area contributed by atoms with Gasteiger partial charge in [-0.2, -0.15) is 0 Å². The van der Waals surface area contributed by atoms with Crippen molar-refractivity contribution in [2.45, 2.75) is 0 Å². The van der Waals surface area contributed by atoms with Gasteiger partial charge in [-0.15, -0.1) is 0 Å². The lowest BCUT2D eigenvalue weighted by molar-refractivity contribution is -0.147. The smallest absolute Gasteiger partial charge is 0.326 e. The molecule has 0 bridgehead atoms. The minimum atomic E-state index is -0.631. The average molecular weight is 359 g/mol. The van der Waals surface area contributed by atoms with Gasteiger partial charge in [0.2, 0.25) is 0 Å². The van der Waals surface area contributed by atoms with E-state index in [-0.39, 0.29) is 11.8 Å². The van der Waals surface area contributed by atoms with Crippen molar-refractivity contribution in [1.82, 2.24) is 4.90 Å². The Morgan fingerprint density at radius 2 is 2.22 bits per heavy atom. The zero-order valence-electron chi connectivity index (χ0n) is 12.3. The molecule has 2 amide bonds. The maximum atomic E-state index is 11.8. The highest BCUT2D eigenvalue weighted by molar-refractivity contribution is 8.13. The number of benzene rings is 1. The van der Waals surface area contributed by atoms with E-state index in [9.17, 15) is 14.4 Å². The van der Waals surface area contributed by atoms with Crippen LogP contribution >= 0.6 is 23.4 Å². The van der Waals surface area contributed by atoms with Crippen LogP contribution in [0.15, 0.2) is 18.2 Å². The number of carbonyl (C=O) groups is 3. The Kier molecular flexibility index (Phi) is 6.12. The Balaban J connectivity index is 1.82. The van der Waals surface area contributed by atoms with Crippen LogP contribution in [0.3, 0.4) is 0 Å². The molecule has 0 unspecified atom stereocenters. The van der Waals surface area contributed by atoms with Crippen molar-refractivity contribution < 1.29 is 23.9 Å². The van der Waals surface area contributed by atoms with E-state index in [1.54, 1.807) is 12.1 Å². The molecule has 124 valence electrons. The molecule has 1 aliphatic heterocycles. The van der Waals surface area contributed by atoms with Crippen LogP contribution in [-0.2, 0) is 14.3 Å². The van der Waals surface area contributed by atoms with Crippen molar-refractivity contribution in [3.8, 4) is 5.75 Å². The number of thioether (sulfide) groups is 1. The predicted octanol–water partition coefficient (Wildman–Crippen LogP) is 2.00. The summed E-state index contributed by atoms with van der Waals surface area (Å²) in [6.07, 6.45) is 0. The third-order valence-corrected chi connectivity index (χ3v) is 4.09. The first kappa shape index (κ1) is 17.4. The first-order valence-electron chi connectivity index (χ1n) is 6.70. The summed E-state index contributed by atoms with van der Waals surface area (Å²) in [7, 11) is 1.46. The highest BCUT2D eigenvalue weighted by Crippen LogP contribution is 2.27. The second-order valence-electron chi connectivity index (χ2n) is 4.59. The van der Waals surface area contributed by atoms with Crippen LogP contribution in [0.25, 0.3) is 0 Å². The number of hydrogen-bond donors (Lipinski definition) is 1. The molecule has 23 heavy (non-hydrogen) atoms. The zero-order valence-corrected chi connectivity index (χ0v) is 13.9. The Hall–Kier alpha value is -1.93. The highest BCUT2D eigenvalue weighted by Gasteiger charge is 2.24. The number of methoxy groups -OCH3 is 1. The molecule has 1 heterocycles. The van der Waals surface area contributed by atoms with Gasteiger partial charge in [-0.3, -0.25) is 14.4 Å². The van der Waals surface area contributed by atoms with Crippen LogP contribution in [0.4, 0.5) is 10.5 Å². The third kappa shape index (κ3) is 5.04. The first-order chi connectivity index (χ1) is 11.0. The van der Waals surface area contributed by atoms with E-state index in [2.05, 4.69) is 5.32 Å². The normalized spacial score (nSPS) is 13.8. The van der Waals surface area contributed by atoms with Crippen LogP contribution in [0, 0.1) is 0 Å². The number of rotatable bonds is 6. The van der Waals surface area contributed by atoms with Crippen molar-refractivity contribution in [3.05, 3.63) is 23.2 Å². The number of carbonyl (C=O) groups excluding carboxylic acids is 3. The molecular formula is C14H15ClN2O5S. The lowest BCUT2D eigenvalue weighted by Crippen LogP contribution is -2.32. The molecular weight excluding hydrogens is 344 g/mol. The maximum Gasteiger partial charge on any atom is 0.326 e. The fourth-order valence-electron chi connectivity index (χ4n) is 1.88. The molecule has 1 aromatic carbocycles. The fraction of sp³-hybridized carbons (Fsp3) is 0.357. The molecule has 1 fully saturated rings. The molecule has 1 N–H and O–H groups in total. The summed E-state index contributed by atoms with van der Waals surface area (Å²) < 4.78 is 9.96. The molecule has 0 spiro atoms. The summed E-state index contributed by atoms with van der Waals surface area (Å²) in [5.41, 5.74) is 0.382. The van der Waals surface area contributed by atoms with E-state index >= 15 is 0 Å². The largest absolute Gasteiger partial charge is 0.495 e. The molecule has 9 heteroatoms. The topological polar surface area (TPSA) is 84.9 Å². The molecule has 0 aromatic heterocycles. The number of ether oxygens (including phenoxy) is 2. The SMILES string of the molecule is COc1ccc(Cl)cc1NC(=O)COC(=O)CN1CCSC1=O. The number of amides is 2. The van der Waals surface area contributed by atoms with Gasteiger partial charge in [-0.25, -0.2) is 0 Å². The quantitative estimate of drug-likeness (QED) is 0.783. The van der Waals surface area contributed by atoms with Gasteiger partial charge >= 0.3 is 5.97 Å². The van der Waals surface area contributed by atoms with Crippen molar-refractivity contribution >= 4 is 46.2 Å². The van der Waals surface area contributed by atoms with Crippen LogP contribution in [0.2, 0.25) is 5.02 Å². The zero-order chi connectivity index (χ0) is 16.8. The molecule has 7 nitrogen and oxygen atoms in total. The second-order valence-corrected chi connectivity index (χ2v) is 6.07. The maximum absolute atomic E-state index is 11.8. The fourth-order valence-corrected chi connectivity index (χ4v) is 2.88. The van der Waals surface area contributed by atoms with E-state index in [0.29, 0.717) is 28.8 Å². The summed E-state index contributed by atoms with van der Waals surface area (Å²) in [5, 5.41) is 2.83. The molecule has 1 aromatic rings. The lowest BCUT2D eigenvalue weighted by Gasteiger charge is -2.14. The van der Waals surface area contributed by atoms with Crippen molar-refractivity contribution in [2.75, 3.05) is 37.9 Å². The number of anilines is 1. The molecule has 0 radical (unpaired) electrons.